The van der Waals surface area contributed by atoms with Crippen molar-refractivity contribution < 1.29 is 77.6 Å². The van der Waals surface area contributed by atoms with Crippen molar-refractivity contribution in [2.24, 2.45) is 0 Å². The van der Waals surface area contributed by atoms with Crippen molar-refractivity contribution in [2.75, 3.05) is 199 Å². The standard InChI is InChI=1S/C83H110Cl6N12O17S3/c1-98-52-70(67-46-61(84)49-76(87)73(67)55-98)58-7-4-10-64(43-58)119(106,107)94-23-32-115-40-37-112-29-20-90-79(102)13-16-83(97-82(105)93-19-26-101-27-35-118-36-28-101,17-14-80(103)91-21-30-113-38-41-116-33-24-95-120(108,109)65-11-5-8-59(44-65)71-53-99(2)56-74-68(71)47-62(85)50-77(74)88)18-15-81(104)92-22-31-114-39-42-117-34-25-96-121(110,111)66-12-6-9-60(45-66)72-54-100(3)57-75-69(72)48-63(86)51-78(75)89/h4-12,43-51,70-72,94-96H,13-42,52-57H2,1-3H3,(H,90,102)(H,91,103)(H,92,104)(H2,93,97,105)/t70-,71-,72-/m0/s1. The number of hydrogen-bond donors (Lipinski definition) is 8. The monoisotopic (exact) mass is 1850 g/mol. The summed E-state index contributed by atoms with van der Waals surface area (Å²) in [5.74, 6) is -1.62. The van der Waals surface area contributed by atoms with Crippen LogP contribution in [0.5, 0.6) is 0 Å². The number of morpholine rings is 1. The fraction of sp³-hybridized carbons (Fsp3) is 0.518. The van der Waals surface area contributed by atoms with Gasteiger partial charge in [-0.15, -0.1) is 0 Å². The Morgan fingerprint density at radius 3 is 1.02 bits per heavy atom. The molecule has 0 aromatic heterocycles. The number of rotatable bonds is 49. The minimum Gasteiger partial charge on any atom is -0.379 e. The Morgan fingerprint density at radius 1 is 0.405 bits per heavy atom. The SMILES string of the molecule is CN1Cc2c(Cl)cc(Cl)cc2[C@H](c2cccc(S(=O)(=O)NCCOCCOCCNC(=O)CCC(CCC(=O)NCCOCCOCCNS(=O)(=O)c3cccc([C@@H]4CN(C)Cc5c(Cl)cc(Cl)cc54)c3)(CCC(=O)NCCOCCOCCNS(=O)(=O)c3cccc([C@@H]4CN(C)Cc5c(Cl)cc(Cl)cc54)c3)NC(=O)NCCN3CCOCC3)c2)C1. The van der Waals surface area contributed by atoms with E-state index < -0.39 is 41.6 Å². The van der Waals surface area contributed by atoms with Gasteiger partial charge in [0.25, 0.3) is 0 Å². The molecular formula is C83H110Cl6N12O17S3. The molecule has 8 N–H and O–H groups in total. The van der Waals surface area contributed by atoms with E-state index in [1.807, 2.05) is 57.5 Å². The van der Waals surface area contributed by atoms with E-state index in [9.17, 15) is 44.4 Å². The summed E-state index contributed by atoms with van der Waals surface area (Å²) in [6.07, 6.45) is -0.301. The van der Waals surface area contributed by atoms with E-state index in [1.165, 1.54) is 18.2 Å². The molecule has 0 saturated carbocycles. The number of halogens is 6. The Bertz CT molecular complexity index is 4380. The molecule has 1 fully saturated rings. The van der Waals surface area contributed by atoms with E-state index in [4.69, 9.17) is 103 Å². The predicted octanol–water partition coefficient (Wildman–Crippen LogP) is 8.73. The van der Waals surface area contributed by atoms with Gasteiger partial charge >= 0.3 is 6.03 Å². The second-order valence-corrected chi connectivity index (χ2v) is 38.2. The van der Waals surface area contributed by atoms with E-state index in [0.29, 0.717) is 102 Å². The average molecular weight is 1860 g/mol. The van der Waals surface area contributed by atoms with Crippen LogP contribution in [-0.2, 0) is 97.2 Å². The molecule has 0 unspecified atom stereocenters. The summed E-state index contributed by atoms with van der Waals surface area (Å²) in [5, 5.41) is 17.8. The van der Waals surface area contributed by atoms with Crippen LogP contribution in [0.4, 0.5) is 4.79 Å². The lowest BCUT2D eigenvalue weighted by Gasteiger charge is -2.35. The number of sulfonamides is 3. The van der Waals surface area contributed by atoms with Crippen LogP contribution in [0.25, 0.3) is 0 Å². The molecule has 121 heavy (non-hydrogen) atoms. The van der Waals surface area contributed by atoms with E-state index in [1.54, 1.807) is 54.6 Å². The number of likely N-dealkylation sites (N-methyl/N-ethyl adjacent to an activating group) is 3. The summed E-state index contributed by atoms with van der Waals surface area (Å²) < 4.78 is 128. The lowest BCUT2D eigenvalue weighted by atomic mass is 9.83. The molecule has 4 aliphatic heterocycles. The maximum atomic E-state index is 14.0. The lowest BCUT2D eigenvalue weighted by Crippen LogP contribution is -2.54. The summed E-state index contributed by atoms with van der Waals surface area (Å²) >= 11 is 39.0. The van der Waals surface area contributed by atoms with Crippen molar-refractivity contribution in [1.82, 2.24) is 60.3 Å². The van der Waals surface area contributed by atoms with E-state index in [-0.39, 0.29) is 214 Å². The highest BCUT2D eigenvalue weighted by Gasteiger charge is 2.36. The molecule has 4 aliphatic rings. The van der Waals surface area contributed by atoms with Crippen molar-refractivity contribution in [3.05, 3.63) is 189 Å². The third-order valence-corrected chi connectivity index (χ3v) is 27.4. The second kappa shape index (κ2) is 48.1. The van der Waals surface area contributed by atoms with Gasteiger partial charge in [0, 0.05) is 177 Å². The van der Waals surface area contributed by atoms with Gasteiger partial charge in [-0.2, -0.15) is 0 Å². The molecule has 4 heterocycles. The average Bonchev–Trinajstić information content (AvgIpc) is 0.780. The Labute approximate surface area is 740 Å². The molecule has 1 saturated heterocycles. The highest BCUT2D eigenvalue weighted by molar-refractivity contribution is 7.90. The first-order chi connectivity index (χ1) is 58.0. The first kappa shape index (κ1) is 97.2. The summed E-state index contributed by atoms with van der Waals surface area (Å²) in [4.78, 5) is 64.0. The zero-order chi connectivity index (χ0) is 86.5. The number of nitrogens with zero attached hydrogens (tertiary/aromatic N) is 4. The van der Waals surface area contributed by atoms with E-state index >= 15 is 0 Å². The van der Waals surface area contributed by atoms with Gasteiger partial charge in [0.05, 0.1) is 107 Å². The fourth-order valence-electron chi connectivity index (χ4n) is 15.2. The largest absolute Gasteiger partial charge is 0.379 e. The smallest absolute Gasteiger partial charge is 0.315 e. The van der Waals surface area contributed by atoms with Crippen LogP contribution in [-0.4, -0.2) is 273 Å². The maximum Gasteiger partial charge on any atom is 0.315 e. The Balaban J connectivity index is 0.669. The number of amides is 5. The fourth-order valence-corrected chi connectivity index (χ4v) is 20.1. The summed E-state index contributed by atoms with van der Waals surface area (Å²) in [7, 11) is -5.79. The van der Waals surface area contributed by atoms with Gasteiger partial charge < -0.3 is 74.4 Å². The number of fused-ring (bicyclic) bond motifs is 3. The van der Waals surface area contributed by atoms with E-state index in [2.05, 4.69) is 60.3 Å². The second-order valence-electron chi connectivity index (χ2n) is 30.4. The highest BCUT2D eigenvalue weighted by Crippen LogP contribution is 2.43. The van der Waals surface area contributed by atoms with Crippen molar-refractivity contribution >= 4 is 123 Å². The Hall–Kier alpha value is -5.97. The third-order valence-electron chi connectivity index (χ3n) is 21.3. The summed E-state index contributed by atoms with van der Waals surface area (Å²) in [6.45, 7) is 8.78. The molecule has 0 bridgehead atoms. The third kappa shape index (κ3) is 30.4. The quantitative estimate of drug-likeness (QED) is 0.0165. The summed E-state index contributed by atoms with van der Waals surface area (Å²) in [6, 6.07) is 30.7. The molecule has 0 radical (unpaired) electrons. The van der Waals surface area contributed by atoms with Gasteiger partial charge in [-0.3, -0.25) is 19.3 Å². The normalized spacial score (nSPS) is 16.9. The highest BCUT2D eigenvalue weighted by atomic mass is 35.5. The van der Waals surface area contributed by atoms with Crippen molar-refractivity contribution in [1.29, 1.82) is 0 Å². The van der Waals surface area contributed by atoms with Crippen LogP contribution in [0.15, 0.2) is 124 Å². The van der Waals surface area contributed by atoms with Gasteiger partial charge in [-0.05, 0) is 163 Å². The number of benzene rings is 6. The van der Waals surface area contributed by atoms with Gasteiger partial charge in [0.15, 0.2) is 0 Å². The minimum absolute atomic E-state index is 0.00507. The zero-order valence-corrected chi connectivity index (χ0v) is 75.3. The van der Waals surface area contributed by atoms with Gasteiger partial charge in [-0.1, -0.05) is 106 Å². The van der Waals surface area contributed by atoms with Gasteiger partial charge in [0.2, 0.25) is 47.8 Å². The number of nitrogens with one attached hydrogen (secondary N) is 8. The van der Waals surface area contributed by atoms with Crippen molar-refractivity contribution in [2.45, 2.75) is 96.1 Å². The zero-order valence-electron chi connectivity index (χ0n) is 68.3. The minimum atomic E-state index is -3.91. The van der Waals surface area contributed by atoms with Crippen molar-refractivity contribution in [3.8, 4) is 0 Å². The Kier molecular flexibility index (Phi) is 38.7. The van der Waals surface area contributed by atoms with Crippen LogP contribution >= 0.6 is 69.6 Å². The molecule has 10 rings (SSSR count). The molecule has 3 atom stereocenters. The molecule has 0 aliphatic carbocycles. The van der Waals surface area contributed by atoms with Crippen LogP contribution in [0.2, 0.25) is 30.1 Å². The molecule has 0 spiro atoms. The number of carbonyl (C=O) groups excluding carboxylic acids is 4. The predicted molar refractivity (Wildman–Crippen MR) is 467 cm³/mol. The lowest BCUT2D eigenvalue weighted by molar-refractivity contribution is -0.121. The van der Waals surface area contributed by atoms with Crippen LogP contribution in [0, 0.1) is 0 Å². The molecule has 38 heteroatoms. The van der Waals surface area contributed by atoms with Crippen LogP contribution in [0.3, 0.4) is 0 Å². The van der Waals surface area contributed by atoms with Crippen LogP contribution in [0.1, 0.15) is 106 Å². The topological polar surface area (TPSA) is 345 Å². The first-order valence-electron chi connectivity index (χ1n) is 40.4. The number of carbonyl (C=O) groups is 4. The maximum absolute atomic E-state index is 14.0. The first-order valence-corrected chi connectivity index (χ1v) is 47.2. The molecule has 29 nitrogen and oxygen atoms in total. The molecule has 6 aromatic carbocycles. The van der Waals surface area contributed by atoms with Crippen molar-refractivity contribution in [3.63, 3.8) is 0 Å². The number of urea groups is 1. The Morgan fingerprint density at radius 2 is 0.711 bits per heavy atom. The molecular weight excluding hydrogens is 1750 g/mol. The molecule has 664 valence electrons. The molecule has 6 aromatic rings. The van der Waals surface area contributed by atoms with Gasteiger partial charge in [-0.25, -0.2) is 44.2 Å². The van der Waals surface area contributed by atoms with E-state index in [0.717, 1.165) is 50.1 Å². The molecule has 5 amide bonds. The van der Waals surface area contributed by atoms with Gasteiger partial charge in [0.1, 0.15) is 0 Å². The summed E-state index contributed by atoms with van der Waals surface area (Å²) in [5.41, 5.74) is 6.87. The van der Waals surface area contributed by atoms with Crippen LogP contribution < -0.4 is 40.8 Å². The number of hydrogen-bond acceptors (Lipinski definition) is 21. The number of ether oxygens (including phenoxy) is 7.